The Morgan fingerprint density at radius 1 is 1.21 bits per heavy atom. The minimum atomic E-state index is -0.464. The number of fused-ring (bicyclic) bond motifs is 1. The number of methoxy groups -OCH3 is 1. The number of halogens is 1. The van der Waals surface area contributed by atoms with Crippen molar-refractivity contribution >= 4 is 17.7 Å². The molecule has 0 fully saturated rings. The Labute approximate surface area is 175 Å². The van der Waals surface area contributed by atoms with E-state index in [0.29, 0.717) is 17.9 Å². The number of carbonyl (C=O) groups excluding carboxylic acids is 1. The van der Waals surface area contributed by atoms with Gasteiger partial charge in [0.25, 0.3) is 0 Å². The van der Waals surface area contributed by atoms with Crippen molar-refractivity contribution in [3.63, 3.8) is 0 Å². The zero-order valence-corrected chi connectivity index (χ0v) is 17.6. The van der Waals surface area contributed by atoms with Gasteiger partial charge in [-0.05, 0) is 0 Å². The summed E-state index contributed by atoms with van der Waals surface area (Å²) in [4.78, 5) is 12.8. The van der Waals surface area contributed by atoms with Crippen LogP contribution in [-0.2, 0) is 0 Å². The number of amides is 1. The quantitative estimate of drug-likeness (QED) is 0.624. The molecule has 0 atom stereocenters. The molecule has 4 rings (SSSR count). The molecule has 0 aromatic heterocycles. The fraction of sp³-hybridized carbons (Fsp3) is 0.130. The van der Waals surface area contributed by atoms with E-state index in [1.54, 1.807) is 7.11 Å². The predicted octanol–water partition coefficient (Wildman–Crippen LogP) is 1.00. The average Bonchev–Trinajstić information content (AvgIpc) is 3.40. The Hall–Kier alpha value is -2.67. The van der Waals surface area contributed by atoms with E-state index in [4.69, 9.17) is 7.94 Å². The van der Waals surface area contributed by atoms with Crippen molar-refractivity contribution in [2.45, 2.75) is 6.42 Å². The number of benzene rings is 2. The Morgan fingerprint density at radius 2 is 2.07 bits per heavy atom. The summed E-state index contributed by atoms with van der Waals surface area (Å²) in [5, 5.41) is 3.00. The van der Waals surface area contributed by atoms with Crippen LogP contribution >= 0.6 is 0 Å². The molecule has 2 aromatic rings. The van der Waals surface area contributed by atoms with Crippen LogP contribution in [0.3, 0.4) is 0 Å². The molecule has 1 amide bonds. The van der Waals surface area contributed by atoms with Crippen LogP contribution in [0.4, 0.5) is 0 Å². The third kappa shape index (κ3) is 3.94. The number of rotatable bonds is 6. The number of ether oxygens (including phenoxy) is 1. The molecule has 0 bridgehead atoms. The summed E-state index contributed by atoms with van der Waals surface area (Å²) < 4.78 is 11.6. The molecule has 2 aliphatic rings. The summed E-state index contributed by atoms with van der Waals surface area (Å²) >= 11 is -0.464. The molecule has 1 aliphatic heterocycles. The van der Waals surface area contributed by atoms with Crippen molar-refractivity contribution in [2.75, 3.05) is 13.7 Å². The Bertz CT molecular complexity index is 1020. The Morgan fingerprint density at radius 3 is 2.82 bits per heavy atom. The van der Waals surface area contributed by atoms with Gasteiger partial charge in [-0.2, -0.15) is 0 Å². The SMILES string of the molecule is COc1c(C(=O)NCC2=CC=CC2)ccc2c1C(/C=C/c1ccccc1)=N[I-]2. The molecule has 1 heterocycles. The van der Waals surface area contributed by atoms with Crippen LogP contribution in [0.15, 0.2) is 75.5 Å². The molecular formula is C23H20IN2O2-. The van der Waals surface area contributed by atoms with E-state index >= 15 is 0 Å². The molecule has 28 heavy (non-hydrogen) atoms. The second-order valence-electron chi connectivity index (χ2n) is 6.44. The van der Waals surface area contributed by atoms with Crippen LogP contribution in [0.1, 0.15) is 27.9 Å². The molecule has 1 N–H and O–H groups in total. The first-order valence-electron chi connectivity index (χ1n) is 9.05. The van der Waals surface area contributed by atoms with Crippen LogP contribution in [0.2, 0.25) is 0 Å². The van der Waals surface area contributed by atoms with Crippen LogP contribution in [0.25, 0.3) is 6.08 Å². The van der Waals surface area contributed by atoms with Crippen molar-refractivity contribution in [1.29, 1.82) is 0 Å². The van der Waals surface area contributed by atoms with Crippen molar-refractivity contribution < 1.29 is 31.0 Å². The number of allylic oxidation sites excluding steroid dienone is 4. The molecule has 0 saturated carbocycles. The predicted molar refractivity (Wildman–Crippen MR) is 108 cm³/mol. The first kappa shape index (κ1) is 18.7. The van der Waals surface area contributed by atoms with Crippen LogP contribution in [0, 0.1) is 3.57 Å². The standard InChI is InChI=1S/C23H20IN2O2/c1-28-22-18(23(27)25-15-17-9-5-6-10-17)12-13-19-21(22)20(26-24-19)14-11-16-7-3-2-4-8-16/h2-9,11-14H,10,15H2,1H3,(H,25,27)/q-1/b14-11+. The summed E-state index contributed by atoms with van der Waals surface area (Å²) in [6, 6.07) is 14.0. The van der Waals surface area contributed by atoms with Gasteiger partial charge >= 0.3 is 176 Å². The molecule has 0 spiro atoms. The summed E-state index contributed by atoms with van der Waals surface area (Å²) in [5.41, 5.74) is 4.72. The maximum atomic E-state index is 12.8. The van der Waals surface area contributed by atoms with E-state index < -0.39 is 21.5 Å². The molecule has 142 valence electrons. The van der Waals surface area contributed by atoms with Crippen LogP contribution in [-0.4, -0.2) is 25.3 Å². The number of hydrogen-bond acceptors (Lipinski definition) is 3. The third-order valence-electron chi connectivity index (χ3n) is 4.59. The monoisotopic (exact) mass is 483 g/mol. The topological polar surface area (TPSA) is 50.7 Å². The van der Waals surface area contributed by atoms with E-state index in [-0.39, 0.29) is 5.91 Å². The molecule has 4 nitrogen and oxygen atoms in total. The average molecular weight is 483 g/mol. The summed E-state index contributed by atoms with van der Waals surface area (Å²) in [6.07, 6.45) is 11.1. The molecule has 2 aromatic carbocycles. The van der Waals surface area contributed by atoms with Gasteiger partial charge in [-0.1, -0.05) is 0 Å². The second-order valence-corrected chi connectivity index (χ2v) is 8.57. The molecule has 1 aliphatic carbocycles. The maximum absolute atomic E-state index is 12.8. The number of carbonyl (C=O) groups is 1. The van der Waals surface area contributed by atoms with Crippen molar-refractivity contribution in [3.8, 4) is 5.75 Å². The number of hydrogen-bond donors (Lipinski definition) is 1. The fourth-order valence-electron chi connectivity index (χ4n) is 3.15. The van der Waals surface area contributed by atoms with Gasteiger partial charge in [-0.15, -0.1) is 0 Å². The minimum absolute atomic E-state index is 0.121. The van der Waals surface area contributed by atoms with Crippen LogP contribution < -0.4 is 31.5 Å². The van der Waals surface area contributed by atoms with E-state index in [9.17, 15) is 4.79 Å². The Kier molecular flexibility index (Phi) is 5.71. The number of nitrogens with zero attached hydrogens (tertiary/aromatic N) is 1. The van der Waals surface area contributed by atoms with Crippen molar-refractivity contribution in [2.24, 2.45) is 3.21 Å². The van der Waals surface area contributed by atoms with Gasteiger partial charge in [0.15, 0.2) is 0 Å². The van der Waals surface area contributed by atoms with E-state index in [1.807, 2.05) is 54.6 Å². The number of nitrogens with one attached hydrogen (secondary N) is 1. The first-order chi connectivity index (χ1) is 13.8. The van der Waals surface area contributed by atoms with E-state index in [2.05, 4.69) is 23.5 Å². The summed E-state index contributed by atoms with van der Waals surface area (Å²) in [7, 11) is 1.62. The normalized spacial score (nSPS) is 15.0. The van der Waals surface area contributed by atoms with Gasteiger partial charge in [-0.25, -0.2) is 0 Å². The van der Waals surface area contributed by atoms with Gasteiger partial charge in [0, 0.05) is 0 Å². The van der Waals surface area contributed by atoms with Gasteiger partial charge in [0.1, 0.15) is 0 Å². The van der Waals surface area contributed by atoms with E-state index in [0.717, 1.165) is 23.3 Å². The Balaban J connectivity index is 1.58. The third-order valence-corrected chi connectivity index (χ3v) is 6.77. The molecular weight excluding hydrogens is 463 g/mol. The van der Waals surface area contributed by atoms with Crippen LogP contribution in [0.5, 0.6) is 5.75 Å². The molecule has 0 saturated heterocycles. The van der Waals surface area contributed by atoms with Crippen molar-refractivity contribution in [1.82, 2.24) is 5.32 Å². The first-order valence-corrected chi connectivity index (χ1v) is 11.1. The van der Waals surface area contributed by atoms with Gasteiger partial charge in [0.2, 0.25) is 0 Å². The van der Waals surface area contributed by atoms with E-state index in [1.165, 1.54) is 9.14 Å². The zero-order valence-electron chi connectivity index (χ0n) is 15.5. The molecule has 0 radical (unpaired) electrons. The zero-order chi connectivity index (χ0) is 19.3. The fourth-order valence-corrected chi connectivity index (χ4v) is 5.18. The summed E-state index contributed by atoms with van der Waals surface area (Å²) in [6.45, 7) is 0.549. The van der Waals surface area contributed by atoms with Gasteiger partial charge < -0.3 is 0 Å². The summed E-state index contributed by atoms with van der Waals surface area (Å²) in [5.74, 6) is 0.492. The molecule has 0 unspecified atom stereocenters. The second kappa shape index (κ2) is 8.56. The van der Waals surface area contributed by atoms with Gasteiger partial charge in [0.05, 0.1) is 0 Å². The van der Waals surface area contributed by atoms with Gasteiger partial charge in [-0.3, -0.25) is 0 Å². The van der Waals surface area contributed by atoms with Crippen molar-refractivity contribution in [3.05, 3.63) is 92.6 Å². The molecule has 5 heteroatoms.